The van der Waals surface area contributed by atoms with Gasteiger partial charge in [0.15, 0.2) is 0 Å². The molecular weight excluding hydrogens is 198 g/mol. The van der Waals surface area contributed by atoms with E-state index in [9.17, 15) is 0 Å². The van der Waals surface area contributed by atoms with Crippen molar-refractivity contribution in [2.45, 2.75) is 38.4 Å². The molecule has 0 aliphatic heterocycles. The smallest absolute Gasteiger partial charge is 0.0737 e. The first-order valence-corrected chi connectivity index (χ1v) is 5.92. The van der Waals surface area contributed by atoms with Crippen LogP contribution in [0.1, 0.15) is 31.2 Å². The van der Waals surface area contributed by atoms with Crippen molar-refractivity contribution in [3.63, 3.8) is 0 Å². The monoisotopic (exact) mass is 215 g/mol. The van der Waals surface area contributed by atoms with Crippen molar-refractivity contribution < 1.29 is 4.74 Å². The third-order valence-electron chi connectivity index (χ3n) is 3.27. The first kappa shape index (κ1) is 11.2. The van der Waals surface area contributed by atoms with Crippen LogP contribution in [0.15, 0.2) is 30.3 Å². The lowest BCUT2D eigenvalue weighted by Crippen LogP contribution is -2.29. The van der Waals surface area contributed by atoms with E-state index in [1.54, 1.807) is 0 Å². The minimum Gasteiger partial charge on any atom is -0.372 e. The summed E-state index contributed by atoms with van der Waals surface area (Å²) in [6.45, 7) is 0.629. The van der Waals surface area contributed by atoms with Crippen molar-refractivity contribution in [2.75, 3.05) is 0 Å². The highest BCUT2D eigenvalue weighted by molar-refractivity contribution is 5.13. The van der Waals surface area contributed by atoms with Gasteiger partial charge in [0, 0.05) is 0 Å². The molecule has 1 saturated carbocycles. The highest BCUT2D eigenvalue weighted by atomic mass is 16.5. The number of ether oxygens (including phenoxy) is 1. The molecule has 2 heteroatoms. The first-order valence-electron chi connectivity index (χ1n) is 5.92. The minimum atomic E-state index is 0.138. The Morgan fingerprint density at radius 3 is 2.62 bits per heavy atom. The van der Waals surface area contributed by atoms with Crippen molar-refractivity contribution >= 4 is 0 Å². The molecule has 0 radical (unpaired) electrons. The lowest BCUT2D eigenvalue weighted by atomic mass is 9.80. The molecular formula is C14H17NO. The minimum absolute atomic E-state index is 0.138. The van der Waals surface area contributed by atoms with Crippen molar-refractivity contribution in [3.05, 3.63) is 35.9 Å². The van der Waals surface area contributed by atoms with Crippen LogP contribution in [0.3, 0.4) is 0 Å². The highest BCUT2D eigenvalue weighted by Crippen LogP contribution is 2.32. The van der Waals surface area contributed by atoms with Gasteiger partial charge in [-0.2, -0.15) is 5.26 Å². The Morgan fingerprint density at radius 1 is 1.31 bits per heavy atom. The molecule has 2 rings (SSSR count). The number of hydrogen-bond donors (Lipinski definition) is 0. The third-order valence-corrected chi connectivity index (χ3v) is 3.27. The Kier molecular flexibility index (Phi) is 3.96. The van der Waals surface area contributed by atoms with E-state index in [-0.39, 0.29) is 6.10 Å². The molecule has 2 nitrogen and oxygen atoms in total. The maximum absolute atomic E-state index is 8.77. The van der Waals surface area contributed by atoms with Crippen molar-refractivity contribution in [1.29, 1.82) is 5.26 Å². The summed E-state index contributed by atoms with van der Waals surface area (Å²) in [7, 11) is 0. The second-order valence-corrected chi connectivity index (χ2v) is 4.39. The summed E-state index contributed by atoms with van der Waals surface area (Å²) in [4.78, 5) is 0. The van der Waals surface area contributed by atoms with E-state index in [0.29, 0.717) is 18.9 Å². The average Bonchev–Trinajstić information content (AvgIpc) is 2.25. The SMILES string of the molecule is N#CC[C@@H](OCc1ccccc1)C1CCC1. The summed E-state index contributed by atoms with van der Waals surface area (Å²) < 4.78 is 5.85. The van der Waals surface area contributed by atoms with Gasteiger partial charge in [-0.3, -0.25) is 0 Å². The topological polar surface area (TPSA) is 33.0 Å². The van der Waals surface area contributed by atoms with E-state index >= 15 is 0 Å². The van der Waals surface area contributed by atoms with Crippen molar-refractivity contribution in [3.8, 4) is 6.07 Å². The van der Waals surface area contributed by atoms with Crippen LogP contribution < -0.4 is 0 Å². The van der Waals surface area contributed by atoms with Gasteiger partial charge in [0.05, 0.1) is 25.2 Å². The van der Waals surface area contributed by atoms with Crippen LogP contribution in [0.2, 0.25) is 0 Å². The molecule has 0 heterocycles. The van der Waals surface area contributed by atoms with Crippen LogP contribution in [0.5, 0.6) is 0 Å². The summed E-state index contributed by atoms with van der Waals surface area (Å²) in [5.41, 5.74) is 1.18. The van der Waals surface area contributed by atoms with Gasteiger partial charge in [0.25, 0.3) is 0 Å². The summed E-state index contributed by atoms with van der Waals surface area (Å²) in [6.07, 6.45) is 4.40. The molecule has 1 aromatic carbocycles. The van der Waals surface area contributed by atoms with E-state index < -0.39 is 0 Å². The van der Waals surface area contributed by atoms with E-state index in [0.717, 1.165) is 0 Å². The standard InChI is InChI=1S/C14H17NO/c15-10-9-14(13-7-4-8-13)16-11-12-5-2-1-3-6-12/h1-3,5-6,13-14H,4,7-9,11H2/t14-/m1/s1. The van der Waals surface area contributed by atoms with Gasteiger partial charge in [-0.1, -0.05) is 36.8 Å². The molecule has 1 aromatic rings. The van der Waals surface area contributed by atoms with E-state index in [1.807, 2.05) is 18.2 Å². The Morgan fingerprint density at radius 2 is 2.06 bits per heavy atom. The molecule has 1 aliphatic rings. The van der Waals surface area contributed by atoms with Gasteiger partial charge in [-0.25, -0.2) is 0 Å². The maximum atomic E-state index is 8.77. The van der Waals surface area contributed by atoms with Gasteiger partial charge in [0.2, 0.25) is 0 Å². The Balaban J connectivity index is 1.84. The van der Waals surface area contributed by atoms with Gasteiger partial charge in [-0.05, 0) is 24.3 Å². The summed E-state index contributed by atoms with van der Waals surface area (Å²) in [6, 6.07) is 12.4. The molecule has 1 fully saturated rings. The third kappa shape index (κ3) is 2.84. The fourth-order valence-corrected chi connectivity index (χ4v) is 2.04. The first-order chi connectivity index (χ1) is 7.90. The Hall–Kier alpha value is -1.33. The van der Waals surface area contributed by atoms with Crippen molar-refractivity contribution in [2.24, 2.45) is 5.92 Å². The van der Waals surface area contributed by atoms with Crippen LogP contribution in [0.25, 0.3) is 0 Å². The van der Waals surface area contributed by atoms with Crippen LogP contribution in [-0.4, -0.2) is 6.10 Å². The second kappa shape index (κ2) is 5.67. The van der Waals surface area contributed by atoms with Gasteiger partial charge < -0.3 is 4.74 Å². The predicted octanol–water partition coefficient (Wildman–Crippen LogP) is 3.29. The summed E-state index contributed by atoms with van der Waals surface area (Å²) >= 11 is 0. The van der Waals surface area contributed by atoms with Crippen LogP contribution in [0, 0.1) is 17.2 Å². The normalized spacial score (nSPS) is 17.4. The van der Waals surface area contributed by atoms with Crippen LogP contribution in [-0.2, 0) is 11.3 Å². The predicted molar refractivity (Wildman–Crippen MR) is 62.6 cm³/mol. The van der Waals surface area contributed by atoms with Crippen molar-refractivity contribution in [1.82, 2.24) is 0 Å². The number of benzene rings is 1. The summed E-state index contributed by atoms with van der Waals surface area (Å²) in [5.74, 6) is 0.614. The van der Waals surface area contributed by atoms with E-state index in [2.05, 4.69) is 18.2 Å². The fraction of sp³-hybridized carbons (Fsp3) is 0.500. The zero-order valence-electron chi connectivity index (χ0n) is 9.43. The number of hydrogen-bond acceptors (Lipinski definition) is 2. The maximum Gasteiger partial charge on any atom is 0.0737 e. The average molecular weight is 215 g/mol. The molecule has 0 bridgehead atoms. The molecule has 0 amide bonds. The summed E-state index contributed by atoms with van der Waals surface area (Å²) in [5, 5.41) is 8.77. The number of rotatable bonds is 5. The van der Waals surface area contributed by atoms with Gasteiger partial charge in [-0.15, -0.1) is 0 Å². The lowest BCUT2D eigenvalue weighted by Gasteiger charge is -2.32. The zero-order valence-corrected chi connectivity index (χ0v) is 9.43. The van der Waals surface area contributed by atoms with Crippen LogP contribution >= 0.6 is 0 Å². The molecule has 16 heavy (non-hydrogen) atoms. The largest absolute Gasteiger partial charge is 0.372 e. The van der Waals surface area contributed by atoms with Gasteiger partial charge >= 0.3 is 0 Å². The lowest BCUT2D eigenvalue weighted by molar-refractivity contribution is -0.0205. The number of nitriles is 1. The van der Waals surface area contributed by atoms with Crippen LogP contribution in [0.4, 0.5) is 0 Å². The molecule has 0 spiro atoms. The number of nitrogens with zero attached hydrogens (tertiary/aromatic N) is 1. The van der Waals surface area contributed by atoms with Gasteiger partial charge in [0.1, 0.15) is 0 Å². The molecule has 0 unspecified atom stereocenters. The molecule has 0 saturated heterocycles. The Labute approximate surface area is 96.9 Å². The molecule has 1 atom stereocenters. The molecule has 0 aromatic heterocycles. The highest BCUT2D eigenvalue weighted by Gasteiger charge is 2.27. The Bertz CT molecular complexity index is 351. The quantitative estimate of drug-likeness (QED) is 0.755. The molecule has 0 N–H and O–H groups in total. The van der Waals surface area contributed by atoms with E-state index in [1.165, 1.54) is 24.8 Å². The molecule has 1 aliphatic carbocycles. The van der Waals surface area contributed by atoms with E-state index in [4.69, 9.17) is 10.00 Å². The zero-order chi connectivity index (χ0) is 11.2. The molecule has 84 valence electrons. The second-order valence-electron chi connectivity index (χ2n) is 4.39. The fourth-order valence-electron chi connectivity index (χ4n) is 2.04.